The van der Waals surface area contributed by atoms with E-state index in [-0.39, 0.29) is 0 Å². The fraction of sp³-hybridized carbons (Fsp3) is 0.368. The van der Waals surface area contributed by atoms with Crippen LogP contribution in [0.25, 0.3) is 33.6 Å². The number of nitriles is 1. The molecular formula is C19H19N7. The van der Waals surface area contributed by atoms with E-state index >= 15 is 0 Å². The van der Waals surface area contributed by atoms with Crippen molar-refractivity contribution in [2.45, 2.75) is 38.1 Å². The molecule has 0 spiro atoms. The fourth-order valence-corrected chi connectivity index (χ4v) is 4.25. The van der Waals surface area contributed by atoms with Crippen molar-refractivity contribution in [3.8, 4) is 17.6 Å². The molecule has 0 bridgehead atoms. The zero-order valence-electron chi connectivity index (χ0n) is 14.3. The Balaban J connectivity index is 1.68. The van der Waals surface area contributed by atoms with Gasteiger partial charge in [0.2, 0.25) is 0 Å². The molecule has 1 aliphatic rings. The summed E-state index contributed by atoms with van der Waals surface area (Å²) in [7, 11) is 0. The van der Waals surface area contributed by atoms with Crippen LogP contribution in [0.4, 0.5) is 0 Å². The summed E-state index contributed by atoms with van der Waals surface area (Å²) in [6.45, 7) is 0. The third-order valence-corrected chi connectivity index (χ3v) is 5.52. The Morgan fingerprint density at radius 2 is 2.12 bits per heavy atom. The average molecular weight is 345 g/mol. The van der Waals surface area contributed by atoms with Crippen LogP contribution in [0.1, 0.15) is 38.1 Å². The van der Waals surface area contributed by atoms with Crippen molar-refractivity contribution in [3.05, 3.63) is 31.0 Å². The molecule has 1 fully saturated rings. The third kappa shape index (κ3) is 2.30. The van der Waals surface area contributed by atoms with E-state index in [0.29, 0.717) is 18.4 Å². The number of fused-ring (bicyclic) bond motifs is 3. The van der Waals surface area contributed by atoms with E-state index < -0.39 is 0 Å². The average Bonchev–Trinajstić information content (AvgIpc) is 3.40. The second kappa shape index (κ2) is 5.99. The summed E-state index contributed by atoms with van der Waals surface area (Å²) in [4.78, 5) is 20.0. The number of nitrogens with zero attached hydrogens (tertiary/aromatic N) is 5. The Hall–Kier alpha value is -3.14. The van der Waals surface area contributed by atoms with Crippen molar-refractivity contribution < 1.29 is 0 Å². The third-order valence-electron chi connectivity index (χ3n) is 5.52. The summed E-state index contributed by atoms with van der Waals surface area (Å²) in [5.41, 5.74) is 3.75. The Kier molecular flexibility index (Phi) is 3.49. The van der Waals surface area contributed by atoms with Crippen molar-refractivity contribution in [1.29, 1.82) is 5.26 Å². The second-order valence-electron chi connectivity index (χ2n) is 7.03. The first-order chi connectivity index (χ1) is 12.8. The highest BCUT2D eigenvalue weighted by molar-refractivity contribution is 6.02. The zero-order valence-corrected chi connectivity index (χ0v) is 14.3. The van der Waals surface area contributed by atoms with Crippen LogP contribution >= 0.6 is 0 Å². The van der Waals surface area contributed by atoms with Crippen LogP contribution in [0.5, 0.6) is 0 Å². The Morgan fingerprint density at radius 3 is 2.88 bits per heavy atom. The summed E-state index contributed by atoms with van der Waals surface area (Å²) in [6, 6.07) is 4.76. The lowest BCUT2D eigenvalue weighted by atomic mass is 9.84. The Bertz CT molecular complexity index is 1090. The quantitative estimate of drug-likeness (QED) is 0.587. The van der Waals surface area contributed by atoms with Crippen molar-refractivity contribution in [3.63, 3.8) is 0 Å². The summed E-state index contributed by atoms with van der Waals surface area (Å²) in [5.74, 6) is 1.41. The van der Waals surface area contributed by atoms with E-state index in [9.17, 15) is 0 Å². The number of aromatic nitrogens is 6. The molecule has 130 valence electrons. The lowest BCUT2D eigenvalue weighted by molar-refractivity contribution is 0.283. The summed E-state index contributed by atoms with van der Waals surface area (Å²) in [6.07, 6.45) is 12.3. The maximum absolute atomic E-state index is 8.99. The van der Waals surface area contributed by atoms with Crippen LogP contribution in [0.2, 0.25) is 0 Å². The largest absolute Gasteiger partial charge is 0.350 e. The van der Waals surface area contributed by atoms with E-state index in [1.807, 2.05) is 18.6 Å². The SMILES string of the molecule is N#CC[C@H]1CC[C@H](n2c(-c3c[nH]cn3)nc3cnc4[nH]ccc4c32)CC1. The highest BCUT2D eigenvalue weighted by Gasteiger charge is 2.27. The molecule has 0 unspecified atom stereocenters. The van der Waals surface area contributed by atoms with Crippen LogP contribution in [0, 0.1) is 17.2 Å². The van der Waals surface area contributed by atoms with Crippen molar-refractivity contribution in [1.82, 2.24) is 29.5 Å². The highest BCUT2D eigenvalue weighted by Crippen LogP contribution is 2.39. The molecule has 0 saturated heterocycles. The molecule has 26 heavy (non-hydrogen) atoms. The first kappa shape index (κ1) is 15.1. The Morgan fingerprint density at radius 1 is 1.23 bits per heavy atom. The number of rotatable bonds is 3. The van der Waals surface area contributed by atoms with Crippen LogP contribution in [-0.4, -0.2) is 29.5 Å². The van der Waals surface area contributed by atoms with E-state index in [0.717, 1.165) is 59.3 Å². The molecule has 1 saturated carbocycles. The molecule has 7 heteroatoms. The minimum atomic E-state index is 0.363. The van der Waals surface area contributed by atoms with Gasteiger partial charge in [0.05, 0.1) is 24.1 Å². The number of aromatic amines is 2. The maximum atomic E-state index is 8.99. The molecule has 0 aromatic carbocycles. The van der Waals surface area contributed by atoms with Gasteiger partial charge < -0.3 is 14.5 Å². The van der Waals surface area contributed by atoms with Gasteiger partial charge in [0.15, 0.2) is 5.82 Å². The minimum Gasteiger partial charge on any atom is -0.350 e. The van der Waals surface area contributed by atoms with Gasteiger partial charge >= 0.3 is 0 Å². The van der Waals surface area contributed by atoms with Crippen molar-refractivity contribution >= 4 is 22.1 Å². The molecule has 0 amide bonds. The first-order valence-corrected chi connectivity index (χ1v) is 9.05. The van der Waals surface area contributed by atoms with Crippen molar-refractivity contribution in [2.75, 3.05) is 0 Å². The minimum absolute atomic E-state index is 0.363. The van der Waals surface area contributed by atoms with Crippen LogP contribution in [-0.2, 0) is 0 Å². The van der Waals surface area contributed by atoms with E-state index in [4.69, 9.17) is 10.2 Å². The topological polar surface area (TPSA) is 99.0 Å². The molecule has 2 N–H and O–H groups in total. The molecule has 7 nitrogen and oxygen atoms in total. The smallest absolute Gasteiger partial charge is 0.161 e. The number of imidazole rings is 2. The number of H-pyrrole nitrogens is 2. The van der Waals surface area contributed by atoms with Gasteiger partial charge in [0, 0.05) is 30.2 Å². The van der Waals surface area contributed by atoms with Gasteiger partial charge in [-0.1, -0.05) is 0 Å². The number of hydrogen-bond acceptors (Lipinski definition) is 4. The molecule has 0 radical (unpaired) electrons. The second-order valence-corrected chi connectivity index (χ2v) is 7.03. The molecule has 0 aliphatic heterocycles. The predicted octanol–water partition coefficient (Wildman–Crippen LogP) is 3.95. The van der Waals surface area contributed by atoms with Gasteiger partial charge in [-0.05, 0) is 37.7 Å². The maximum Gasteiger partial charge on any atom is 0.161 e. The first-order valence-electron chi connectivity index (χ1n) is 9.05. The lowest BCUT2D eigenvalue weighted by Gasteiger charge is -2.29. The van der Waals surface area contributed by atoms with Gasteiger partial charge in [-0.3, -0.25) is 0 Å². The van der Waals surface area contributed by atoms with Crippen LogP contribution in [0.15, 0.2) is 31.0 Å². The van der Waals surface area contributed by atoms with Crippen LogP contribution in [0.3, 0.4) is 0 Å². The zero-order chi connectivity index (χ0) is 17.5. The van der Waals surface area contributed by atoms with Gasteiger partial charge in [-0.25, -0.2) is 15.0 Å². The molecule has 0 atom stereocenters. The van der Waals surface area contributed by atoms with Crippen molar-refractivity contribution in [2.24, 2.45) is 5.92 Å². The molecule has 4 heterocycles. The summed E-state index contributed by atoms with van der Waals surface area (Å²) >= 11 is 0. The van der Waals surface area contributed by atoms with E-state index in [1.54, 1.807) is 6.33 Å². The number of nitrogens with one attached hydrogen (secondary N) is 2. The molecule has 4 aromatic rings. The number of pyridine rings is 1. The van der Waals surface area contributed by atoms with Gasteiger partial charge in [-0.15, -0.1) is 0 Å². The van der Waals surface area contributed by atoms with Crippen LogP contribution < -0.4 is 0 Å². The normalized spacial score (nSPS) is 20.6. The molecule has 4 aromatic heterocycles. The number of hydrogen-bond donors (Lipinski definition) is 2. The fourth-order valence-electron chi connectivity index (χ4n) is 4.25. The van der Waals surface area contributed by atoms with Gasteiger partial charge in [0.1, 0.15) is 16.9 Å². The summed E-state index contributed by atoms with van der Waals surface area (Å²) < 4.78 is 2.35. The van der Waals surface area contributed by atoms with Gasteiger partial charge in [0.25, 0.3) is 0 Å². The molecule has 1 aliphatic carbocycles. The van der Waals surface area contributed by atoms with E-state index in [1.165, 1.54) is 0 Å². The predicted molar refractivity (Wildman–Crippen MR) is 98.2 cm³/mol. The van der Waals surface area contributed by atoms with Gasteiger partial charge in [-0.2, -0.15) is 5.26 Å². The summed E-state index contributed by atoms with van der Waals surface area (Å²) in [5, 5.41) is 10.1. The lowest BCUT2D eigenvalue weighted by Crippen LogP contribution is -2.19. The van der Waals surface area contributed by atoms with E-state index in [2.05, 4.69) is 36.6 Å². The molecular weight excluding hydrogens is 326 g/mol. The highest BCUT2D eigenvalue weighted by atomic mass is 15.1. The standard InChI is InChI=1S/C19H19N7/c20-7-5-12-1-3-13(4-2-12)26-17-14-6-8-22-18(14)23-10-15(17)25-19(26)16-9-21-11-24-16/h6,8-13H,1-5H2,(H,21,24)(H,22,23)/t12-,13-. The Labute approximate surface area is 150 Å². The monoisotopic (exact) mass is 345 g/mol. The molecule has 5 rings (SSSR count).